The predicted molar refractivity (Wildman–Crippen MR) is 114 cm³/mol. The Kier molecular flexibility index (Phi) is 7.69. The zero-order valence-corrected chi connectivity index (χ0v) is 18.2. The monoisotopic (exact) mass is 412 g/mol. The molecule has 2 rings (SSSR count). The van der Waals surface area contributed by atoms with Crippen LogP contribution >= 0.6 is 0 Å². The first-order chi connectivity index (χ1) is 13.1. The van der Waals surface area contributed by atoms with Crippen molar-refractivity contribution in [1.29, 1.82) is 0 Å². The van der Waals surface area contributed by atoms with E-state index in [0.717, 1.165) is 31.6 Å². The average Bonchev–Trinajstić information content (AvgIpc) is 2.63. The zero-order chi connectivity index (χ0) is 20.8. The van der Waals surface area contributed by atoms with Gasteiger partial charge in [0.2, 0.25) is 0 Å². The summed E-state index contributed by atoms with van der Waals surface area (Å²) in [6, 6.07) is 6.91. The zero-order valence-electron chi connectivity index (χ0n) is 17.3. The average molecular weight is 413 g/mol. The molecule has 1 heterocycles. The van der Waals surface area contributed by atoms with Crippen LogP contribution in [0.5, 0.6) is 0 Å². The predicted octanol–water partition coefficient (Wildman–Crippen LogP) is 2.42. The smallest absolute Gasteiger partial charge is 0.191 e. The third kappa shape index (κ3) is 7.66. The molecule has 0 saturated carbocycles. The second-order valence-corrected chi connectivity index (χ2v) is 10.6. The van der Waals surface area contributed by atoms with Gasteiger partial charge in [0.1, 0.15) is 15.7 Å². The summed E-state index contributed by atoms with van der Waals surface area (Å²) in [6.45, 7) is 6.41. The molecule has 28 heavy (non-hydrogen) atoms. The number of nitrogens with one attached hydrogen (secondary N) is 2. The summed E-state index contributed by atoms with van der Waals surface area (Å²) in [4.78, 5) is 6.49. The van der Waals surface area contributed by atoms with Gasteiger partial charge in [-0.15, -0.1) is 0 Å². The molecule has 158 valence electrons. The maximum Gasteiger partial charge on any atom is 0.191 e. The van der Waals surface area contributed by atoms with Gasteiger partial charge in [-0.05, 0) is 42.9 Å². The molecule has 0 aliphatic carbocycles. The summed E-state index contributed by atoms with van der Waals surface area (Å²) in [5.74, 6) is 0.666. The van der Waals surface area contributed by atoms with E-state index in [1.54, 1.807) is 19.2 Å². The number of rotatable bonds is 7. The van der Waals surface area contributed by atoms with E-state index < -0.39 is 9.84 Å². The third-order valence-electron chi connectivity index (χ3n) is 5.04. The molecule has 1 saturated heterocycles. The highest BCUT2D eigenvalue weighted by Gasteiger charge is 2.23. The van der Waals surface area contributed by atoms with Crippen LogP contribution in [0.2, 0.25) is 0 Å². The number of sulfone groups is 1. The molecule has 1 aliphatic rings. The second kappa shape index (κ2) is 9.58. The molecule has 2 N–H and O–H groups in total. The molecular formula is C20H33FN4O2S. The number of nitrogens with zero attached hydrogens (tertiary/aromatic N) is 2. The number of hydrogen-bond donors (Lipinski definition) is 2. The van der Waals surface area contributed by atoms with Crippen molar-refractivity contribution < 1.29 is 12.8 Å². The Morgan fingerprint density at radius 1 is 1.39 bits per heavy atom. The maximum atomic E-state index is 13.5. The van der Waals surface area contributed by atoms with Crippen molar-refractivity contribution in [1.82, 2.24) is 10.6 Å². The fraction of sp³-hybridized carbons (Fsp3) is 0.650. The Balaban J connectivity index is 1.88. The van der Waals surface area contributed by atoms with Crippen LogP contribution in [0.25, 0.3) is 0 Å². The van der Waals surface area contributed by atoms with E-state index in [1.807, 2.05) is 19.9 Å². The Hall–Kier alpha value is -1.83. The number of guanidine groups is 1. The quantitative estimate of drug-likeness (QED) is 0.532. The summed E-state index contributed by atoms with van der Waals surface area (Å²) in [6.07, 6.45) is 3.89. The fourth-order valence-electron chi connectivity index (χ4n) is 3.26. The second-order valence-electron chi connectivity index (χ2n) is 8.38. The van der Waals surface area contributed by atoms with Crippen LogP contribution in [0, 0.1) is 11.2 Å². The van der Waals surface area contributed by atoms with E-state index in [4.69, 9.17) is 0 Å². The first kappa shape index (κ1) is 22.5. The van der Waals surface area contributed by atoms with Gasteiger partial charge < -0.3 is 15.5 Å². The van der Waals surface area contributed by atoms with Crippen molar-refractivity contribution in [2.75, 3.05) is 43.6 Å². The lowest BCUT2D eigenvalue weighted by Gasteiger charge is -2.36. The molecule has 0 radical (unpaired) electrons. The lowest BCUT2D eigenvalue weighted by atomic mass is 9.90. The van der Waals surface area contributed by atoms with Crippen LogP contribution in [-0.2, 0) is 9.84 Å². The molecule has 1 aromatic carbocycles. The molecule has 6 nitrogen and oxygen atoms in total. The van der Waals surface area contributed by atoms with Crippen LogP contribution < -0.4 is 15.5 Å². The number of hydrogen-bond acceptors (Lipinski definition) is 4. The van der Waals surface area contributed by atoms with Crippen LogP contribution in [0.15, 0.2) is 29.3 Å². The first-order valence-corrected chi connectivity index (χ1v) is 11.8. The molecule has 0 bridgehead atoms. The van der Waals surface area contributed by atoms with Gasteiger partial charge in [-0.25, -0.2) is 12.8 Å². The Morgan fingerprint density at radius 3 is 2.79 bits per heavy atom. The van der Waals surface area contributed by atoms with Gasteiger partial charge in [0, 0.05) is 44.7 Å². The van der Waals surface area contributed by atoms with Gasteiger partial charge in [0.05, 0.1) is 5.75 Å². The molecule has 8 heteroatoms. The molecule has 1 atom stereocenters. The van der Waals surface area contributed by atoms with E-state index in [9.17, 15) is 12.8 Å². The van der Waals surface area contributed by atoms with Crippen molar-refractivity contribution in [3.63, 3.8) is 0 Å². The Bertz CT molecular complexity index is 780. The number of anilines is 1. The lowest BCUT2D eigenvalue weighted by molar-refractivity contribution is 0.347. The topological polar surface area (TPSA) is 73.8 Å². The standard InChI is InChI=1S/C20H33FN4O2S/c1-20(2,10-12-28(4,26)27)15-23-19(22-3)24-17-8-6-11-25(14-17)18-9-5-7-16(21)13-18/h5,7,9,13,17H,6,8,10-12,14-15H2,1-4H3,(H2,22,23,24). The van der Waals surface area contributed by atoms with Gasteiger partial charge in [-0.3, -0.25) is 4.99 Å². The fourth-order valence-corrected chi connectivity index (χ4v) is 4.19. The number of piperidine rings is 1. The van der Waals surface area contributed by atoms with Crippen molar-refractivity contribution >= 4 is 21.5 Å². The van der Waals surface area contributed by atoms with Gasteiger partial charge in [-0.2, -0.15) is 0 Å². The van der Waals surface area contributed by atoms with Crippen LogP contribution in [-0.4, -0.2) is 59.1 Å². The molecule has 0 aromatic heterocycles. The summed E-state index contributed by atoms with van der Waals surface area (Å²) in [5.41, 5.74) is 0.734. The van der Waals surface area contributed by atoms with Crippen molar-refractivity contribution in [3.8, 4) is 0 Å². The van der Waals surface area contributed by atoms with Gasteiger partial charge in [-0.1, -0.05) is 19.9 Å². The van der Waals surface area contributed by atoms with Crippen LogP contribution in [0.4, 0.5) is 10.1 Å². The van der Waals surface area contributed by atoms with E-state index in [1.165, 1.54) is 12.3 Å². The van der Waals surface area contributed by atoms with E-state index in [-0.39, 0.29) is 23.0 Å². The van der Waals surface area contributed by atoms with Gasteiger partial charge in [0.25, 0.3) is 0 Å². The van der Waals surface area contributed by atoms with Crippen molar-refractivity contribution in [3.05, 3.63) is 30.1 Å². The molecule has 1 aromatic rings. The Morgan fingerprint density at radius 2 is 2.14 bits per heavy atom. The SMILES string of the molecule is CN=C(NCC(C)(C)CCS(C)(=O)=O)NC1CCCN(c2cccc(F)c2)C1. The number of halogens is 1. The van der Waals surface area contributed by atoms with Crippen molar-refractivity contribution in [2.24, 2.45) is 10.4 Å². The van der Waals surface area contributed by atoms with E-state index in [0.29, 0.717) is 18.9 Å². The third-order valence-corrected chi connectivity index (χ3v) is 5.99. The highest BCUT2D eigenvalue weighted by molar-refractivity contribution is 7.90. The van der Waals surface area contributed by atoms with E-state index >= 15 is 0 Å². The summed E-state index contributed by atoms with van der Waals surface area (Å²) >= 11 is 0. The Labute approximate surface area is 168 Å². The molecule has 1 fully saturated rings. The highest BCUT2D eigenvalue weighted by atomic mass is 32.2. The normalized spacial score (nSPS) is 18.8. The van der Waals surface area contributed by atoms with Gasteiger partial charge >= 0.3 is 0 Å². The summed E-state index contributed by atoms with van der Waals surface area (Å²) in [7, 11) is -1.24. The minimum Gasteiger partial charge on any atom is -0.369 e. The van der Waals surface area contributed by atoms with Gasteiger partial charge in [0.15, 0.2) is 5.96 Å². The number of benzene rings is 1. The molecule has 1 unspecified atom stereocenters. The first-order valence-electron chi connectivity index (χ1n) is 9.73. The maximum absolute atomic E-state index is 13.5. The summed E-state index contributed by atoms with van der Waals surface area (Å²) < 4.78 is 36.4. The van der Waals surface area contributed by atoms with Crippen LogP contribution in [0.3, 0.4) is 0 Å². The molecular weight excluding hydrogens is 379 g/mol. The molecule has 0 spiro atoms. The molecule has 0 amide bonds. The summed E-state index contributed by atoms with van der Waals surface area (Å²) in [5, 5.41) is 6.77. The lowest BCUT2D eigenvalue weighted by Crippen LogP contribution is -2.52. The highest BCUT2D eigenvalue weighted by Crippen LogP contribution is 2.21. The number of aliphatic imine (C=N–C) groups is 1. The van der Waals surface area contributed by atoms with Crippen LogP contribution in [0.1, 0.15) is 33.1 Å². The minimum atomic E-state index is -2.97. The molecule has 1 aliphatic heterocycles. The van der Waals surface area contributed by atoms with E-state index in [2.05, 4.69) is 20.5 Å². The van der Waals surface area contributed by atoms with Crippen molar-refractivity contribution in [2.45, 2.75) is 39.2 Å². The largest absolute Gasteiger partial charge is 0.369 e. The minimum absolute atomic E-state index is 0.166.